The molecule has 0 saturated heterocycles. The second-order valence-electron chi connectivity index (χ2n) is 4.29. The van der Waals surface area contributed by atoms with E-state index >= 15 is 0 Å². The van der Waals surface area contributed by atoms with Crippen LogP contribution in [0.15, 0.2) is 18.2 Å². The number of benzene rings is 1. The van der Waals surface area contributed by atoms with Gasteiger partial charge in [-0.15, -0.1) is 0 Å². The molecule has 4 heteroatoms. The molecule has 1 amide bonds. The molecule has 0 radical (unpaired) electrons. The number of para-hydroxylation sites is 1. The van der Waals surface area contributed by atoms with Crippen LogP contribution in [0.1, 0.15) is 36.5 Å². The number of nitrogens with one attached hydrogen (secondary N) is 2. The Morgan fingerprint density at radius 2 is 2.24 bits per heavy atom. The van der Waals surface area contributed by atoms with Crippen LogP contribution in [0.5, 0.6) is 0 Å². The first kappa shape index (κ1) is 11.9. The molecular weight excluding hydrogens is 219 g/mol. The minimum atomic E-state index is -0.381. The van der Waals surface area contributed by atoms with Gasteiger partial charge < -0.3 is 10.6 Å². The van der Waals surface area contributed by atoms with Crippen molar-refractivity contribution >= 4 is 11.6 Å². The van der Waals surface area contributed by atoms with Gasteiger partial charge in [-0.05, 0) is 38.3 Å². The Labute approximate surface area is 100 Å². The van der Waals surface area contributed by atoms with Gasteiger partial charge in [0.25, 0.3) is 5.91 Å². The van der Waals surface area contributed by atoms with Crippen molar-refractivity contribution in [2.45, 2.75) is 32.2 Å². The van der Waals surface area contributed by atoms with Gasteiger partial charge in [-0.2, -0.15) is 0 Å². The summed E-state index contributed by atoms with van der Waals surface area (Å²) in [4.78, 5) is 12.0. The normalized spacial score (nSPS) is 15.2. The third-order valence-electron chi connectivity index (χ3n) is 3.05. The van der Waals surface area contributed by atoms with Gasteiger partial charge >= 0.3 is 0 Å². The number of halogens is 1. The zero-order valence-electron chi connectivity index (χ0n) is 9.92. The maximum Gasteiger partial charge on any atom is 0.253 e. The summed E-state index contributed by atoms with van der Waals surface area (Å²) >= 11 is 0. The van der Waals surface area contributed by atoms with E-state index in [-0.39, 0.29) is 17.8 Å². The van der Waals surface area contributed by atoms with Gasteiger partial charge in [-0.3, -0.25) is 4.79 Å². The molecule has 1 aliphatic carbocycles. The summed E-state index contributed by atoms with van der Waals surface area (Å²) in [5, 5.41) is 5.81. The highest BCUT2D eigenvalue weighted by Crippen LogP contribution is 2.22. The number of hydrogen-bond acceptors (Lipinski definition) is 2. The van der Waals surface area contributed by atoms with Crippen molar-refractivity contribution in [3.05, 3.63) is 29.6 Å². The highest BCUT2D eigenvalue weighted by atomic mass is 19.1. The number of carbonyl (C=O) groups is 1. The van der Waals surface area contributed by atoms with Gasteiger partial charge in [0.05, 0.1) is 11.3 Å². The van der Waals surface area contributed by atoms with Crippen LogP contribution in [-0.4, -0.2) is 18.5 Å². The fourth-order valence-electron chi connectivity index (χ4n) is 1.89. The van der Waals surface area contributed by atoms with Crippen molar-refractivity contribution < 1.29 is 9.18 Å². The topological polar surface area (TPSA) is 41.1 Å². The molecule has 1 aromatic carbocycles. The van der Waals surface area contributed by atoms with E-state index in [1.165, 1.54) is 6.07 Å². The zero-order valence-corrected chi connectivity index (χ0v) is 9.92. The van der Waals surface area contributed by atoms with Crippen molar-refractivity contribution in [1.29, 1.82) is 0 Å². The second kappa shape index (κ2) is 5.17. The highest BCUT2D eigenvalue weighted by Gasteiger charge is 2.22. The zero-order chi connectivity index (χ0) is 12.3. The monoisotopic (exact) mass is 236 g/mol. The van der Waals surface area contributed by atoms with Crippen LogP contribution in [0.3, 0.4) is 0 Å². The van der Waals surface area contributed by atoms with E-state index in [0.29, 0.717) is 17.8 Å². The van der Waals surface area contributed by atoms with Gasteiger partial charge in [0.1, 0.15) is 5.82 Å². The molecule has 0 aliphatic heterocycles. The fourth-order valence-corrected chi connectivity index (χ4v) is 1.89. The molecule has 1 aromatic rings. The van der Waals surface area contributed by atoms with Crippen molar-refractivity contribution in [3.63, 3.8) is 0 Å². The van der Waals surface area contributed by atoms with E-state index in [1.54, 1.807) is 12.1 Å². The number of rotatable bonds is 4. The first-order valence-corrected chi connectivity index (χ1v) is 6.05. The summed E-state index contributed by atoms with van der Waals surface area (Å²) in [6, 6.07) is 4.83. The quantitative estimate of drug-likeness (QED) is 0.843. The fraction of sp³-hybridized carbons (Fsp3) is 0.462. The Kier molecular flexibility index (Phi) is 3.61. The lowest BCUT2D eigenvalue weighted by Gasteiger charge is -2.26. The lowest BCUT2D eigenvalue weighted by molar-refractivity contribution is 0.0917. The molecule has 2 N–H and O–H groups in total. The maximum atomic E-state index is 13.6. The van der Waals surface area contributed by atoms with E-state index < -0.39 is 0 Å². The molecule has 2 rings (SSSR count). The van der Waals surface area contributed by atoms with Gasteiger partial charge in [0.2, 0.25) is 0 Å². The number of carbonyl (C=O) groups excluding carboxylic acids is 1. The molecule has 1 fully saturated rings. The number of amides is 1. The smallest absolute Gasteiger partial charge is 0.253 e. The lowest BCUT2D eigenvalue weighted by Crippen LogP contribution is -2.39. The average Bonchev–Trinajstić information content (AvgIpc) is 2.26. The second-order valence-corrected chi connectivity index (χ2v) is 4.29. The Morgan fingerprint density at radius 1 is 1.47 bits per heavy atom. The Bertz CT molecular complexity index is 416. The van der Waals surface area contributed by atoms with Gasteiger partial charge in [0, 0.05) is 12.6 Å². The van der Waals surface area contributed by atoms with Crippen molar-refractivity contribution in [3.8, 4) is 0 Å². The molecule has 17 heavy (non-hydrogen) atoms. The van der Waals surface area contributed by atoms with E-state index in [9.17, 15) is 9.18 Å². The van der Waals surface area contributed by atoms with Crippen LogP contribution in [0.4, 0.5) is 10.1 Å². The molecule has 0 aromatic heterocycles. The van der Waals surface area contributed by atoms with Crippen LogP contribution in [0, 0.1) is 5.82 Å². The van der Waals surface area contributed by atoms with E-state index in [0.717, 1.165) is 19.3 Å². The molecule has 1 saturated carbocycles. The van der Waals surface area contributed by atoms with Gasteiger partial charge in [-0.1, -0.05) is 6.07 Å². The number of anilines is 1. The third kappa shape index (κ3) is 2.57. The highest BCUT2D eigenvalue weighted by molar-refractivity contribution is 5.99. The van der Waals surface area contributed by atoms with Crippen LogP contribution >= 0.6 is 0 Å². The summed E-state index contributed by atoms with van der Waals surface area (Å²) in [6.07, 6.45) is 3.21. The predicted octanol–water partition coefficient (Wildman–Crippen LogP) is 2.54. The van der Waals surface area contributed by atoms with Crippen LogP contribution < -0.4 is 10.6 Å². The average molecular weight is 236 g/mol. The molecular formula is C13H17FN2O. The molecule has 92 valence electrons. The Balaban J connectivity index is 2.17. The summed E-state index contributed by atoms with van der Waals surface area (Å²) in [5.41, 5.74) is 0.686. The van der Waals surface area contributed by atoms with Gasteiger partial charge in [-0.25, -0.2) is 4.39 Å². The molecule has 0 unspecified atom stereocenters. The molecule has 1 aliphatic rings. The largest absolute Gasteiger partial charge is 0.382 e. The molecule has 0 spiro atoms. The first-order valence-electron chi connectivity index (χ1n) is 6.05. The van der Waals surface area contributed by atoms with Crippen LogP contribution in [-0.2, 0) is 0 Å². The molecule has 3 nitrogen and oxygen atoms in total. The van der Waals surface area contributed by atoms with Crippen LogP contribution in [0.2, 0.25) is 0 Å². The molecule has 0 atom stereocenters. The van der Waals surface area contributed by atoms with Crippen molar-refractivity contribution in [2.24, 2.45) is 0 Å². The Hall–Kier alpha value is -1.58. The maximum absolute atomic E-state index is 13.6. The summed E-state index contributed by atoms with van der Waals surface area (Å²) in [5.74, 6) is -0.571. The molecule has 0 heterocycles. The van der Waals surface area contributed by atoms with Gasteiger partial charge in [0.15, 0.2) is 0 Å². The standard InChI is InChI=1S/C13H17FN2O/c1-2-15-12-10(7-4-8-11(12)14)13(17)16-9-5-3-6-9/h4,7-9,15H,2-3,5-6H2,1H3,(H,16,17). The molecule has 0 bridgehead atoms. The summed E-state index contributed by atoms with van der Waals surface area (Å²) < 4.78 is 13.6. The Morgan fingerprint density at radius 3 is 2.82 bits per heavy atom. The summed E-state index contributed by atoms with van der Waals surface area (Å²) in [6.45, 7) is 2.46. The van der Waals surface area contributed by atoms with E-state index in [1.807, 2.05) is 6.92 Å². The van der Waals surface area contributed by atoms with E-state index in [4.69, 9.17) is 0 Å². The minimum Gasteiger partial charge on any atom is -0.382 e. The van der Waals surface area contributed by atoms with Crippen molar-refractivity contribution in [2.75, 3.05) is 11.9 Å². The predicted molar refractivity (Wildman–Crippen MR) is 65.7 cm³/mol. The minimum absolute atomic E-state index is 0.190. The van der Waals surface area contributed by atoms with Crippen LogP contribution in [0.25, 0.3) is 0 Å². The first-order chi connectivity index (χ1) is 8.22. The summed E-state index contributed by atoms with van der Waals surface area (Å²) in [7, 11) is 0. The number of hydrogen-bond donors (Lipinski definition) is 2. The third-order valence-corrected chi connectivity index (χ3v) is 3.05. The SMILES string of the molecule is CCNc1c(F)cccc1C(=O)NC1CCC1. The lowest BCUT2D eigenvalue weighted by atomic mass is 9.93. The van der Waals surface area contributed by atoms with E-state index in [2.05, 4.69) is 10.6 Å². The van der Waals surface area contributed by atoms with Crippen molar-refractivity contribution in [1.82, 2.24) is 5.32 Å².